The Morgan fingerprint density at radius 1 is 1.24 bits per heavy atom. The number of rotatable bonds is 3. The van der Waals surface area contributed by atoms with Gasteiger partial charge in [-0.3, -0.25) is 0 Å². The fourth-order valence-electron chi connectivity index (χ4n) is 1.65. The van der Waals surface area contributed by atoms with Gasteiger partial charge in [-0.05, 0) is 41.6 Å². The van der Waals surface area contributed by atoms with E-state index in [1.807, 2.05) is 24.3 Å². The lowest BCUT2D eigenvalue weighted by molar-refractivity contribution is 0.976. The Balaban J connectivity index is 2.42. The normalized spacial score (nSPS) is 10.2. The molecule has 0 fully saturated rings. The summed E-state index contributed by atoms with van der Waals surface area (Å²) in [5.41, 5.74) is 6.78. The van der Waals surface area contributed by atoms with Crippen LogP contribution in [-0.4, -0.2) is 16.5 Å². The van der Waals surface area contributed by atoms with Gasteiger partial charge in [-0.1, -0.05) is 18.2 Å². The molecule has 0 amide bonds. The standard InChI is InChI=1S/C12H13IN4/c1-2-17(9-6-4-3-5-7-9)11-8-10(13)15-12(14)16-11/h3-8H,2H2,1H3,(H2,14,15,16). The van der Waals surface area contributed by atoms with Crippen LogP contribution in [-0.2, 0) is 0 Å². The second-order valence-electron chi connectivity index (χ2n) is 3.49. The Kier molecular flexibility index (Phi) is 3.78. The second-order valence-corrected chi connectivity index (χ2v) is 4.59. The molecule has 0 saturated carbocycles. The topological polar surface area (TPSA) is 55.0 Å². The number of nitrogens with zero attached hydrogens (tertiary/aromatic N) is 3. The predicted molar refractivity (Wildman–Crippen MR) is 78.3 cm³/mol. The number of aromatic nitrogens is 2. The minimum Gasteiger partial charge on any atom is -0.368 e. The van der Waals surface area contributed by atoms with Crippen LogP contribution < -0.4 is 10.6 Å². The Labute approximate surface area is 114 Å². The van der Waals surface area contributed by atoms with Crippen LogP contribution in [0, 0.1) is 3.70 Å². The highest BCUT2D eigenvalue weighted by molar-refractivity contribution is 14.1. The van der Waals surface area contributed by atoms with Crippen LogP contribution in [0.3, 0.4) is 0 Å². The summed E-state index contributed by atoms with van der Waals surface area (Å²) < 4.78 is 0.847. The molecule has 0 aliphatic rings. The number of anilines is 3. The molecule has 2 aromatic rings. The van der Waals surface area contributed by atoms with Gasteiger partial charge in [-0.15, -0.1) is 0 Å². The molecule has 1 heterocycles. The van der Waals surface area contributed by atoms with Crippen molar-refractivity contribution in [3.05, 3.63) is 40.1 Å². The van der Waals surface area contributed by atoms with E-state index in [2.05, 4.69) is 56.5 Å². The van der Waals surface area contributed by atoms with Gasteiger partial charge < -0.3 is 10.6 Å². The van der Waals surface area contributed by atoms with Crippen molar-refractivity contribution < 1.29 is 0 Å². The van der Waals surface area contributed by atoms with Crippen LogP contribution >= 0.6 is 22.6 Å². The van der Waals surface area contributed by atoms with Gasteiger partial charge in [0.25, 0.3) is 0 Å². The Hall–Kier alpha value is -1.37. The lowest BCUT2D eigenvalue weighted by Gasteiger charge is -2.22. The molecule has 17 heavy (non-hydrogen) atoms. The fourth-order valence-corrected chi connectivity index (χ4v) is 2.17. The average molecular weight is 340 g/mol. The van der Waals surface area contributed by atoms with Gasteiger partial charge in [-0.2, -0.15) is 4.98 Å². The predicted octanol–water partition coefficient (Wildman–Crippen LogP) is 2.82. The summed E-state index contributed by atoms with van der Waals surface area (Å²) in [6.45, 7) is 2.91. The van der Waals surface area contributed by atoms with Gasteiger partial charge in [-0.25, -0.2) is 4.98 Å². The van der Waals surface area contributed by atoms with E-state index >= 15 is 0 Å². The summed E-state index contributed by atoms with van der Waals surface area (Å²) in [6, 6.07) is 12.0. The molecule has 0 saturated heterocycles. The zero-order valence-corrected chi connectivity index (χ0v) is 11.6. The van der Waals surface area contributed by atoms with Crippen molar-refractivity contribution in [2.45, 2.75) is 6.92 Å². The summed E-state index contributed by atoms with van der Waals surface area (Å²) in [6.07, 6.45) is 0. The van der Waals surface area contributed by atoms with Crippen molar-refractivity contribution in [1.82, 2.24) is 9.97 Å². The third-order valence-corrected chi connectivity index (χ3v) is 2.91. The summed E-state index contributed by atoms with van der Waals surface area (Å²) in [5, 5.41) is 0. The SMILES string of the molecule is CCN(c1ccccc1)c1cc(I)nc(N)n1. The van der Waals surface area contributed by atoms with E-state index < -0.39 is 0 Å². The molecule has 0 aliphatic heterocycles. The third kappa shape index (κ3) is 2.85. The van der Waals surface area contributed by atoms with Crippen LogP contribution in [0.2, 0.25) is 0 Å². The summed E-state index contributed by atoms with van der Waals surface area (Å²) in [4.78, 5) is 10.4. The molecule has 1 aromatic heterocycles. The molecule has 0 spiro atoms. The first-order valence-electron chi connectivity index (χ1n) is 5.33. The molecule has 5 heteroatoms. The quantitative estimate of drug-likeness (QED) is 0.690. The van der Waals surface area contributed by atoms with Crippen molar-refractivity contribution in [2.24, 2.45) is 0 Å². The Bertz CT molecular complexity index is 481. The van der Waals surface area contributed by atoms with Crippen LogP contribution in [0.4, 0.5) is 17.5 Å². The lowest BCUT2D eigenvalue weighted by atomic mass is 10.3. The highest BCUT2D eigenvalue weighted by atomic mass is 127. The summed E-state index contributed by atoms with van der Waals surface area (Å²) in [7, 11) is 0. The fraction of sp³-hybridized carbons (Fsp3) is 0.167. The molecule has 88 valence electrons. The molecule has 2 rings (SSSR count). The number of para-hydroxylation sites is 1. The van der Waals surface area contributed by atoms with Gasteiger partial charge in [0.2, 0.25) is 5.95 Å². The van der Waals surface area contributed by atoms with Crippen LogP contribution in [0.25, 0.3) is 0 Å². The molecule has 1 aromatic carbocycles. The van der Waals surface area contributed by atoms with E-state index in [9.17, 15) is 0 Å². The largest absolute Gasteiger partial charge is 0.368 e. The first-order chi connectivity index (χ1) is 8.20. The number of nitrogen functional groups attached to an aromatic ring is 1. The number of hydrogen-bond donors (Lipinski definition) is 1. The summed E-state index contributed by atoms with van der Waals surface area (Å²) in [5.74, 6) is 1.14. The first-order valence-corrected chi connectivity index (χ1v) is 6.41. The van der Waals surface area contributed by atoms with Crippen molar-refractivity contribution in [1.29, 1.82) is 0 Å². The lowest BCUT2D eigenvalue weighted by Crippen LogP contribution is -2.18. The molecule has 2 N–H and O–H groups in total. The maximum absolute atomic E-state index is 5.68. The minimum atomic E-state index is 0.307. The zero-order valence-electron chi connectivity index (χ0n) is 9.47. The van der Waals surface area contributed by atoms with Crippen molar-refractivity contribution >= 4 is 40.0 Å². The number of nitrogens with two attached hydrogens (primary N) is 1. The molecule has 0 radical (unpaired) electrons. The maximum Gasteiger partial charge on any atom is 0.222 e. The first kappa shape index (κ1) is 12.1. The van der Waals surface area contributed by atoms with E-state index in [1.54, 1.807) is 0 Å². The Morgan fingerprint density at radius 2 is 1.94 bits per heavy atom. The van der Waals surface area contributed by atoms with E-state index in [0.29, 0.717) is 5.95 Å². The van der Waals surface area contributed by atoms with Crippen LogP contribution in [0.1, 0.15) is 6.92 Å². The van der Waals surface area contributed by atoms with E-state index in [4.69, 9.17) is 5.73 Å². The molecular weight excluding hydrogens is 327 g/mol. The van der Waals surface area contributed by atoms with Crippen LogP contribution in [0.5, 0.6) is 0 Å². The molecule has 0 bridgehead atoms. The van der Waals surface area contributed by atoms with Crippen LogP contribution in [0.15, 0.2) is 36.4 Å². The molecular formula is C12H13IN4. The van der Waals surface area contributed by atoms with Crippen molar-refractivity contribution in [3.8, 4) is 0 Å². The van der Waals surface area contributed by atoms with Gasteiger partial charge in [0, 0.05) is 18.3 Å². The van der Waals surface area contributed by atoms with Gasteiger partial charge >= 0.3 is 0 Å². The third-order valence-electron chi connectivity index (χ3n) is 2.36. The van der Waals surface area contributed by atoms with E-state index in [-0.39, 0.29) is 0 Å². The zero-order chi connectivity index (χ0) is 12.3. The second kappa shape index (κ2) is 5.31. The van der Waals surface area contributed by atoms with E-state index in [1.165, 1.54) is 0 Å². The Morgan fingerprint density at radius 3 is 2.53 bits per heavy atom. The highest BCUT2D eigenvalue weighted by Gasteiger charge is 2.10. The van der Waals surface area contributed by atoms with Gasteiger partial charge in [0.1, 0.15) is 9.52 Å². The number of halogens is 1. The van der Waals surface area contributed by atoms with E-state index in [0.717, 1.165) is 21.8 Å². The van der Waals surface area contributed by atoms with Crippen molar-refractivity contribution in [2.75, 3.05) is 17.2 Å². The smallest absolute Gasteiger partial charge is 0.222 e. The van der Waals surface area contributed by atoms with Gasteiger partial charge in [0.05, 0.1) is 0 Å². The van der Waals surface area contributed by atoms with Gasteiger partial charge in [0.15, 0.2) is 0 Å². The molecule has 0 unspecified atom stereocenters. The summed E-state index contributed by atoms with van der Waals surface area (Å²) >= 11 is 2.14. The molecule has 4 nitrogen and oxygen atoms in total. The number of benzene rings is 1. The monoisotopic (exact) mass is 340 g/mol. The molecule has 0 atom stereocenters. The number of hydrogen-bond acceptors (Lipinski definition) is 4. The highest BCUT2D eigenvalue weighted by Crippen LogP contribution is 2.24. The maximum atomic E-state index is 5.68. The average Bonchev–Trinajstić information content (AvgIpc) is 2.30. The minimum absolute atomic E-state index is 0.307. The molecule has 0 aliphatic carbocycles. The van der Waals surface area contributed by atoms with Crippen molar-refractivity contribution in [3.63, 3.8) is 0 Å².